The van der Waals surface area contributed by atoms with Gasteiger partial charge in [0.1, 0.15) is 6.61 Å². The number of hydrogen-bond acceptors (Lipinski definition) is 6. The van der Waals surface area contributed by atoms with Gasteiger partial charge in [-0.1, -0.05) is 5.92 Å². The molecule has 2 aliphatic rings. The predicted octanol–water partition coefficient (Wildman–Crippen LogP) is 1.15. The van der Waals surface area contributed by atoms with Crippen LogP contribution in [-0.2, 0) is 18.9 Å². The van der Waals surface area contributed by atoms with Gasteiger partial charge in [0.05, 0.1) is 46.2 Å². The van der Waals surface area contributed by atoms with Gasteiger partial charge in [0.15, 0.2) is 0 Å². The Morgan fingerprint density at radius 2 is 1.31 bits per heavy atom. The molecule has 0 aliphatic carbocycles. The maximum atomic E-state index is 5.69. The summed E-state index contributed by atoms with van der Waals surface area (Å²) in [6.45, 7) is 10.5. The Kier molecular flexibility index (Phi) is 11.2. The summed E-state index contributed by atoms with van der Waals surface area (Å²) in [4.78, 5) is 2.55. The van der Waals surface area contributed by atoms with Crippen LogP contribution in [-0.4, -0.2) is 90.5 Å². The first-order valence-electron chi connectivity index (χ1n) is 10.0. The van der Waals surface area contributed by atoms with Crippen molar-refractivity contribution in [2.45, 2.75) is 25.7 Å². The summed E-state index contributed by atoms with van der Waals surface area (Å²) < 4.78 is 21.6. The molecule has 0 amide bonds. The molecule has 2 rings (SSSR count). The van der Waals surface area contributed by atoms with Crippen LogP contribution in [0.25, 0.3) is 0 Å². The number of nitrogens with one attached hydrogen (secondary N) is 1. The summed E-state index contributed by atoms with van der Waals surface area (Å²) in [7, 11) is 0. The Hall–Kier alpha value is -0.680. The van der Waals surface area contributed by atoms with Crippen LogP contribution >= 0.6 is 0 Å². The first-order chi connectivity index (χ1) is 12.8. The molecule has 1 spiro atoms. The molecule has 6 heteroatoms. The van der Waals surface area contributed by atoms with E-state index in [4.69, 9.17) is 25.4 Å². The van der Waals surface area contributed by atoms with E-state index in [1.807, 2.05) is 0 Å². The maximum Gasteiger partial charge on any atom is 0.107 e. The number of piperidine rings is 2. The van der Waals surface area contributed by atoms with Crippen LogP contribution in [0.3, 0.4) is 0 Å². The Morgan fingerprint density at radius 3 is 1.88 bits per heavy atom. The number of nitrogens with zero attached hydrogens (tertiary/aromatic N) is 1. The Labute approximate surface area is 158 Å². The lowest BCUT2D eigenvalue weighted by Crippen LogP contribution is -2.46. The van der Waals surface area contributed by atoms with Crippen molar-refractivity contribution in [2.24, 2.45) is 5.41 Å². The lowest BCUT2D eigenvalue weighted by atomic mass is 9.71. The van der Waals surface area contributed by atoms with Gasteiger partial charge in [0, 0.05) is 6.54 Å². The molecule has 6 nitrogen and oxygen atoms in total. The van der Waals surface area contributed by atoms with Gasteiger partial charge >= 0.3 is 0 Å². The van der Waals surface area contributed by atoms with Crippen molar-refractivity contribution in [3.8, 4) is 12.3 Å². The van der Waals surface area contributed by atoms with E-state index >= 15 is 0 Å². The number of terminal acetylenes is 1. The third kappa shape index (κ3) is 8.81. The van der Waals surface area contributed by atoms with E-state index in [2.05, 4.69) is 16.1 Å². The highest BCUT2D eigenvalue weighted by atomic mass is 16.6. The highest BCUT2D eigenvalue weighted by Gasteiger charge is 2.35. The molecular formula is C20H36N2O4. The SMILES string of the molecule is C#CCOCCOCCOCCOCCN1CCC2(CCNCC2)CC1. The topological polar surface area (TPSA) is 52.2 Å². The van der Waals surface area contributed by atoms with Gasteiger partial charge in [-0.25, -0.2) is 0 Å². The molecule has 0 bridgehead atoms. The normalized spacial score (nSPS) is 20.3. The molecule has 2 aliphatic heterocycles. The molecule has 26 heavy (non-hydrogen) atoms. The first-order valence-corrected chi connectivity index (χ1v) is 10.0. The molecule has 0 aromatic carbocycles. The van der Waals surface area contributed by atoms with Crippen molar-refractivity contribution >= 4 is 0 Å². The molecular weight excluding hydrogens is 332 g/mol. The number of likely N-dealkylation sites (tertiary alicyclic amines) is 1. The molecule has 0 unspecified atom stereocenters. The summed E-state index contributed by atoms with van der Waals surface area (Å²) in [6.07, 6.45) is 10.5. The van der Waals surface area contributed by atoms with Crippen molar-refractivity contribution in [3.05, 3.63) is 0 Å². The molecule has 0 aromatic rings. The third-order valence-electron chi connectivity index (χ3n) is 5.43. The van der Waals surface area contributed by atoms with Crippen LogP contribution in [0.4, 0.5) is 0 Å². The molecule has 2 saturated heterocycles. The first kappa shape index (κ1) is 21.6. The Bertz CT molecular complexity index is 384. The van der Waals surface area contributed by atoms with Crippen LogP contribution in [0.1, 0.15) is 25.7 Å². The van der Waals surface area contributed by atoms with E-state index in [9.17, 15) is 0 Å². The zero-order valence-electron chi connectivity index (χ0n) is 16.2. The van der Waals surface area contributed by atoms with Gasteiger partial charge in [-0.3, -0.25) is 0 Å². The fourth-order valence-electron chi connectivity index (χ4n) is 3.69. The van der Waals surface area contributed by atoms with Crippen molar-refractivity contribution in [1.29, 1.82) is 0 Å². The summed E-state index contributed by atoms with van der Waals surface area (Å²) >= 11 is 0. The zero-order valence-corrected chi connectivity index (χ0v) is 16.2. The molecule has 2 heterocycles. The molecule has 0 radical (unpaired) electrons. The average Bonchev–Trinajstić information content (AvgIpc) is 2.68. The molecule has 0 aromatic heterocycles. The Balaban J connectivity index is 1.33. The third-order valence-corrected chi connectivity index (χ3v) is 5.43. The summed E-state index contributed by atoms with van der Waals surface area (Å²) in [5, 5.41) is 3.48. The molecule has 1 N–H and O–H groups in total. The van der Waals surface area contributed by atoms with Crippen LogP contribution in [0.15, 0.2) is 0 Å². The van der Waals surface area contributed by atoms with E-state index in [1.54, 1.807) is 0 Å². The van der Waals surface area contributed by atoms with Gasteiger partial charge in [-0.05, 0) is 57.3 Å². The van der Waals surface area contributed by atoms with Crippen LogP contribution in [0, 0.1) is 17.8 Å². The maximum absolute atomic E-state index is 5.69. The minimum Gasteiger partial charge on any atom is -0.378 e. The van der Waals surface area contributed by atoms with Gasteiger partial charge in [0.2, 0.25) is 0 Å². The van der Waals surface area contributed by atoms with Crippen LogP contribution in [0.2, 0.25) is 0 Å². The minimum absolute atomic E-state index is 0.340. The van der Waals surface area contributed by atoms with Gasteiger partial charge in [-0.2, -0.15) is 0 Å². The van der Waals surface area contributed by atoms with E-state index < -0.39 is 0 Å². The van der Waals surface area contributed by atoms with Crippen LogP contribution < -0.4 is 5.32 Å². The van der Waals surface area contributed by atoms with E-state index in [-0.39, 0.29) is 0 Å². The predicted molar refractivity (Wildman–Crippen MR) is 102 cm³/mol. The van der Waals surface area contributed by atoms with Crippen molar-refractivity contribution < 1.29 is 18.9 Å². The van der Waals surface area contributed by atoms with Crippen molar-refractivity contribution in [2.75, 3.05) is 85.6 Å². The second kappa shape index (κ2) is 13.5. The van der Waals surface area contributed by atoms with E-state index in [1.165, 1.54) is 51.9 Å². The van der Waals surface area contributed by atoms with Crippen molar-refractivity contribution in [1.82, 2.24) is 10.2 Å². The highest BCUT2D eigenvalue weighted by Crippen LogP contribution is 2.39. The number of hydrogen-bond donors (Lipinski definition) is 1. The number of ether oxygens (including phenoxy) is 4. The van der Waals surface area contributed by atoms with Crippen LogP contribution in [0.5, 0.6) is 0 Å². The second-order valence-electron chi connectivity index (χ2n) is 7.19. The number of rotatable bonds is 13. The Morgan fingerprint density at radius 1 is 0.769 bits per heavy atom. The lowest BCUT2D eigenvalue weighted by Gasteiger charge is -2.44. The summed E-state index contributed by atoms with van der Waals surface area (Å²) in [6, 6.07) is 0. The smallest absolute Gasteiger partial charge is 0.107 e. The highest BCUT2D eigenvalue weighted by molar-refractivity contribution is 4.89. The average molecular weight is 369 g/mol. The van der Waals surface area contributed by atoms with E-state index in [0.29, 0.717) is 51.7 Å². The second-order valence-corrected chi connectivity index (χ2v) is 7.19. The molecule has 150 valence electrons. The molecule has 0 atom stereocenters. The lowest BCUT2D eigenvalue weighted by molar-refractivity contribution is -0.00434. The van der Waals surface area contributed by atoms with Gasteiger partial charge in [0.25, 0.3) is 0 Å². The van der Waals surface area contributed by atoms with Crippen molar-refractivity contribution in [3.63, 3.8) is 0 Å². The summed E-state index contributed by atoms with van der Waals surface area (Å²) in [5.41, 5.74) is 0.631. The largest absolute Gasteiger partial charge is 0.378 e. The van der Waals surface area contributed by atoms with Gasteiger partial charge < -0.3 is 29.2 Å². The minimum atomic E-state index is 0.340. The quantitative estimate of drug-likeness (QED) is 0.389. The van der Waals surface area contributed by atoms with Gasteiger partial charge in [-0.15, -0.1) is 6.42 Å². The zero-order chi connectivity index (χ0) is 18.3. The fraction of sp³-hybridized carbons (Fsp3) is 0.900. The summed E-state index contributed by atoms with van der Waals surface area (Å²) in [5.74, 6) is 2.42. The fourth-order valence-corrected chi connectivity index (χ4v) is 3.69. The monoisotopic (exact) mass is 368 g/mol. The molecule has 2 fully saturated rings. The van der Waals surface area contributed by atoms with E-state index in [0.717, 1.165) is 13.2 Å². The standard InChI is InChI=1S/C20H36N2O4/c1-2-12-23-14-16-25-18-19-26-17-15-24-13-11-22-9-5-20(6-10-22)3-7-21-8-4-20/h1,21H,3-19H2. The molecule has 0 saturated carbocycles.